The highest BCUT2D eigenvalue weighted by Crippen LogP contribution is 2.15. The number of fused-ring (bicyclic) bond motifs is 1. The van der Waals surface area contributed by atoms with Gasteiger partial charge < -0.3 is 0 Å². The van der Waals surface area contributed by atoms with Gasteiger partial charge in [0.25, 0.3) is 0 Å². The number of benzene rings is 2. The average molecular weight is 273 g/mol. The Hall–Kier alpha value is -2.74. The number of pyridine rings is 1. The molecule has 1 heterocycles. The maximum absolute atomic E-state index is 12.1. The highest BCUT2D eigenvalue weighted by atomic mass is 16.1. The van der Waals surface area contributed by atoms with Crippen LogP contribution in [0.25, 0.3) is 17.0 Å². The third-order valence-corrected chi connectivity index (χ3v) is 3.39. The minimum Gasteiger partial charge on any atom is -0.289 e. The predicted octanol–water partition coefficient (Wildman–Crippen LogP) is 4.44. The highest BCUT2D eigenvalue weighted by molar-refractivity contribution is 6.06. The van der Waals surface area contributed by atoms with E-state index in [-0.39, 0.29) is 5.78 Å². The van der Waals surface area contributed by atoms with Crippen LogP contribution in [0.1, 0.15) is 21.5 Å². The van der Waals surface area contributed by atoms with Gasteiger partial charge in [-0.05, 0) is 36.8 Å². The van der Waals surface area contributed by atoms with Gasteiger partial charge in [0.1, 0.15) is 0 Å². The van der Waals surface area contributed by atoms with E-state index >= 15 is 0 Å². The van der Waals surface area contributed by atoms with Crippen LogP contribution in [0.4, 0.5) is 0 Å². The van der Waals surface area contributed by atoms with Gasteiger partial charge in [0.05, 0.1) is 5.52 Å². The normalized spacial score (nSPS) is 11.1. The first-order chi connectivity index (χ1) is 10.2. The third-order valence-electron chi connectivity index (χ3n) is 3.39. The zero-order valence-corrected chi connectivity index (χ0v) is 11.8. The van der Waals surface area contributed by atoms with Crippen molar-refractivity contribution in [1.29, 1.82) is 0 Å². The molecule has 3 aromatic rings. The molecule has 0 aliphatic rings. The SMILES string of the molecule is Cc1ccc(C(=O)C=Cc2ccc3ncccc3c2)cc1. The van der Waals surface area contributed by atoms with Crippen LogP contribution in [-0.4, -0.2) is 10.8 Å². The number of allylic oxidation sites excluding steroid dienone is 1. The van der Waals surface area contributed by atoms with E-state index in [1.54, 1.807) is 12.3 Å². The Kier molecular flexibility index (Phi) is 3.61. The lowest BCUT2D eigenvalue weighted by atomic mass is 10.1. The molecule has 3 rings (SSSR count). The Balaban J connectivity index is 1.83. The number of carbonyl (C=O) groups is 1. The number of rotatable bonds is 3. The Labute approximate surface area is 123 Å². The van der Waals surface area contributed by atoms with Crippen LogP contribution in [-0.2, 0) is 0 Å². The minimum atomic E-state index is 0.0151. The second-order valence-corrected chi connectivity index (χ2v) is 5.02. The van der Waals surface area contributed by atoms with Crippen LogP contribution in [0.2, 0.25) is 0 Å². The number of ketones is 1. The quantitative estimate of drug-likeness (QED) is 0.521. The summed E-state index contributed by atoms with van der Waals surface area (Å²) in [6, 6.07) is 17.5. The van der Waals surface area contributed by atoms with E-state index in [2.05, 4.69) is 4.98 Å². The molecule has 0 bridgehead atoms. The van der Waals surface area contributed by atoms with Gasteiger partial charge in [0.15, 0.2) is 5.78 Å². The molecule has 0 fully saturated rings. The lowest BCUT2D eigenvalue weighted by molar-refractivity contribution is 0.104. The largest absolute Gasteiger partial charge is 0.289 e. The molecular formula is C19H15NO. The minimum absolute atomic E-state index is 0.0151. The van der Waals surface area contributed by atoms with E-state index in [4.69, 9.17) is 0 Å². The summed E-state index contributed by atoms with van der Waals surface area (Å²) in [6.45, 7) is 2.01. The fourth-order valence-electron chi connectivity index (χ4n) is 2.18. The molecule has 0 aliphatic heterocycles. The van der Waals surface area contributed by atoms with Gasteiger partial charge in [-0.3, -0.25) is 9.78 Å². The summed E-state index contributed by atoms with van der Waals surface area (Å²) in [5.41, 5.74) is 3.81. The fraction of sp³-hybridized carbons (Fsp3) is 0.0526. The molecule has 0 amide bonds. The molecule has 21 heavy (non-hydrogen) atoms. The second-order valence-electron chi connectivity index (χ2n) is 5.02. The van der Waals surface area contributed by atoms with Crippen molar-refractivity contribution in [2.24, 2.45) is 0 Å². The molecule has 102 valence electrons. The van der Waals surface area contributed by atoms with Crippen molar-refractivity contribution in [2.75, 3.05) is 0 Å². The van der Waals surface area contributed by atoms with E-state index in [0.717, 1.165) is 22.0 Å². The molecule has 0 aliphatic carbocycles. The molecular weight excluding hydrogens is 258 g/mol. The smallest absolute Gasteiger partial charge is 0.185 e. The van der Waals surface area contributed by atoms with E-state index < -0.39 is 0 Å². The second kappa shape index (κ2) is 5.71. The summed E-state index contributed by atoms with van der Waals surface area (Å²) in [6.07, 6.45) is 5.23. The Morgan fingerprint density at radius 1 is 1.05 bits per heavy atom. The molecule has 0 spiro atoms. The molecule has 1 aromatic heterocycles. The van der Waals surface area contributed by atoms with Crippen LogP contribution in [0, 0.1) is 6.92 Å². The van der Waals surface area contributed by atoms with E-state index in [1.807, 2.05) is 67.6 Å². The molecule has 2 aromatic carbocycles. The van der Waals surface area contributed by atoms with Crippen molar-refractivity contribution >= 4 is 22.8 Å². The van der Waals surface area contributed by atoms with Crippen molar-refractivity contribution in [1.82, 2.24) is 4.98 Å². The summed E-state index contributed by atoms with van der Waals surface area (Å²) in [5.74, 6) is 0.0151. The maximum Gasteiger partial charge on any atom is 0.185 e. The maximum atomic E-state index is 12.1. The van der Waals surface area contributed by atoms with Gasteiger partial charge in [0, 0.05) is 17.1 Å². The molecule has 2 heteroatoms. The first-order valence-electron chi connectivity index (χ1n) is 6.86. The molecule has 0 unspecified atom stereocenters. The van der Waals surface area contributed by atoms with Crippen molar-refractivity contribution in [3.05, 3.63) is 83.6 Å². The topological polar surface area (TPSA) is 30.0 Å². The van der Waals surface area contributed by atoms with Gasteiger partial charge in [-0.15, -0.1) is 0 Å². The molecule has 0 saturated carbocycles. The summed E-state index contributed by atoms with van der Waals surface area (Å²) in [7, 11) is 0. The Morgan fingerprint density at radius 3 is 2.67 bits per heavy atom. The fourth-order valence-corrected chi connectivity index (χ4v) is 2.18. The van der Waals surface area contributed by atoms with Gasteiger partial charge in [0.2, 0.25) is 0 Å². The third kappa shape index (κ3) is 3.06. The van der Waals surface area contributed by atoms with Crippen molar-refractivity contribution in [3.8, 4) is 0 Å². The molecule has 0 saturated heterocycles. The average Bonchev–Trinajstić information content (AvgIpc) is 2.53. The van der Waals surface area contributed by atoms with Crippen LogP contribution in [0.5, 0.6) is 0 Å². The van der Waals surface area contributed by atoms with Crippen molar-refractivity contribution < 1.29 is 4.79 Å². The van der Waals surface area contributed by atoms with Crippen LogP contribution in [0.15, 0.2) is 66.9 Å². The van der Waals surface area contributed by atoms with Crippen LogP contribution >= 0.6 is 0 Å². The van der Waals surface area contributed by atoms with Crippen LogP contribution in [0.3, 0.4) is 0 Å². The number of hydrogen-bond acceptors (Lipinski definition) is 2. The zero-order valence-electron chi connectivity index (χ0n) is 11.8. The van der Waals surface area contributed by atoms with Crippen molar-refractivity contribution in [3.63, 3.8) is 0 Å². The Morgan fingerprint density at radius 2 is 1.86 bits per heavy atom. The van der Waals surface area contributed by atoms with E-state index in [0.29, 0.717) is 5.56 Å². The standard InChI is InChI=1S/C19H15NO/c1-14-4-8-16(9-5-14)19(21)11-7-15-6-10-18-17(13-15)3-2-12-20-18/h2-13H,1H3. The molecule has 0 N–H and O–H groups in total. The van der Waals surface area contributed by atoms with E-state index in [1.165, 1.54) is 0 Å². The highest BCUT2D eigenvalue weighted by Gasteiger charge is 2.01. The Bertz CT molecular complexity index is 816. The van der Waals surface area contributed by atoms with E-state index in [9.17, 15) is 4.79 Å². The van der Waals surface area contributed by atoms with Gasteiger partial charge in [-0.2, -0.15) is 0 Å². The number of carbonyl (C=O) groups excluding carboxylic acids is 1. The summed E-state index contributed by atoms with van der Waals surface area (Å²) in [5, 5.41) is 1.07. The van der Waals surface area contributed by atoms with Gasteiger partial charge in [-0.25, -0.2) is 0 Å². The first-order valence-corrected chi connectivity index (χ1v) is 6.86. The lowest BCUT2D eigenvalue weighted by Gasteiger charge is -1.99. The predicted molar refractivity (Wildman–Crippen MR) is 86.3 cm³/mol. The zero-order chi connectivity index (χ0) is 14.7. The number of aryl methyl sites for hydroxylation is 1. The monoisotopic (exact) mass is 273 g/mol. The number of nitrogens with zero attached hydrogens (tertiary/aromatic N) is 1. The number of aromatic nitrogens is 1. The summed E-state index contributed by atoms with van der Waals surface area (Å²) >= 11 is 0. The van der Waals surface area contributed by atoms with Gasteiger partial charge in [-0.1, -0.05) is 48.0 Å². The summed E-state index contributed by atoms with van der Waals surface area (Å²) in [4.78, 5) is 16.4. The molecule has 0 radical (unpaired) electrons. The molecule has 0 atom stereocenters. The summed E-state index contributed by atoms with van der Waals surface area (Å²) < 4.78 is 0. The first kappa shape index (κ1) is 13.3. The molecule has 2 nitrogen and oxygen atoms in total. The van der Waals surface area contributed by atoms with Crippen LogP contribution < -0.4 is 0 Å². The lowest BCUT2D eigenvalue weighted by Crippen LogP contribution is -1.93. The number of hydrogen-bond donors (Lipinski definition) is 0. The van der Waals surface area contributed by atoms with Crippen molar-refractivity contribution in [2.45, 2.75) is 6.92 Å². The van der Waals surface area contributed by atoms with Gasteiger partial charge >= 0.3 is 0 Å².